The largest absolute Gasteiger partial charge is 0.435 e. The fourth-order valence-corrected chi connectivity index (χ4v) is 2.36. The molecule has 0 N–H and O–H groups in total. The molecule has 1 aliphatic rings. The minimum atomic E-state index is -2.86. The number of hydrogen-bond donors (Lipinski definition) is 0. The van der Waals surface area contributed by atoms with E-state index in [1.807, 2.05) is 0 Å². The molecule has 2 aromatic carbocycles. The first kappa shape index (κ1) is 15.3. The summed E-state index contributed by atoms with van der Waals surface area (Å²) in [7, 11) is 0. The van der Waals surface area contributed by atoms with Crippen LogP contribution >= 0.6 is 0 Å². The third kappa shape index (κ3) is 3.61. The molecule has 0 bridgehead atoms. The van der Waals surface area contributed by atoms with Gasteiger partial charge in [-0.2, -0.15) is 8.78 Å². The zero-order chi connectivity index (χ0) is 16.4. The second kappa shape index (κ2) is 6.28. The van der Waals surface area contributed by atoms with Crippen molar-refractivity contribution in [1.29, 1.82) is 0 Å². The first-order valence-electron chi connectivity index (χ1n) is 6.80. The number of nitrogens with zero attached hydrogens (tertiary/aromatic N) is 2. The zero-order valence-electron chi connectivity index (χ0n) is 11.8. The van der Waals surface area contributed by atoms with Crippen LogP contribution in [0, 0.1) is 11.6 Å². The number of alkyl halides is 2. The lowest BCUT2D eigenvalue weighted by Crippen LogP contribution is -2.38. The van der Waals surface area contributed by atoms with Gasteiger partial charge >= 0.3 is 6.61 Å². The lowest BCUT2D eigenvalue weighted by Gasteiger charge is -2.21. The second-order valence-corrected chi connectivity index (χ2v) is 5.02. The van der Waals surface area contributed by atoms with E-state index >= 15 is 0 Å². The maximum atomic E-state index is 13.6. The van der Waals surface area contributed by atoms with E-state index in [2.05, 4.69) is 9.73 Å². The summed E-state index contributed by atoms with van der Waals surface area (Å²) < 4.78 is 55.3. The highest BCUT2D eigenvalue weighted by Gasteiger charge is 2.10. The lowest BCUT2D eigenvalue weighted by atomic mass is 10.2. The molecule has 0 fully saturated rings. The molecule has 0 atom stereocenters. The van der Waals surface area contributed by atoms with Crippen molar-refractivity contribution in [2.75, 3.05) is 6.67 Å². The highest BCUT2D eigenvalue weighted by atomic mass is 19.3. The molecule has 0 saturated carbocycles. The van der Waals surface area contributed by atoms with Crippen LogP contribution in [-0.4, -0.2) is 18.2 Å². The highest BCUT2D eigenvalue weighted by molar-refractivity contribution is 5.30. The molecule has 0 aliphatic carbocycles. The van der Waals surface area contributed by atoms with Crippen LogP contribution in [0.2, 0.25) is 0 Å². The minimum Gasteiger partial charge on any atom is -0.435 e. The van der Waals surface area contributed by atoms with Crippen LogP contribution in [0.1, 0.15) is 5.56 Å². The van der Waals surface area contributed by atoms with E-state index in [-0.39, 0.29) is 17.8 Å². The maximum absolute atomic E-state index is 13.6. The van der Waals surface area contributed by atoms with Crippen molar-refractivity contribution < 1.29 is 22.3 Å². The number of rotatable bonds is 4. The van der Waals surface area contributed by atoms with Gasteiger partial charge in [0.2, 0.25) is 0 Å². The van der Waals surface area contributed by atoms with Crippen molar-refractivity contribution in [3.8, 4) is 5.75 Å². The van der Waals surface area contributed by atoms with Gasteiger partial charge in [-0.25, -0.2) is 8.78 Å². The lowest BCUT2D eigenvalue weighted by molar-refractivity contribution is -0.0498. The van der Waals surface area contributed by atoms with Gasteiger partial charge in [0.25, 0.3) is 0 Å². The number of ether oxygens (including phenoxy) is 1. The van der Waals surface area contributed by atoms with Crippen molar-refractivity contribution in [3.63, 3.8) is 0 Å². The van der Waals surface area contributed by atoms with Gasteiger partial charge in [0, 0.05) is 24.0 Å². The monoisotopic (exact) mass is 324 g/mol. The van der Waals surface area contributed by atoms with Crippen LogP contribution in [0.25, 0.3) is 6.20 Å². The Morgan fingerprint density at radius 2 is 1.87 bits per heavy atom. The molecule has 0 unspecified atom stereocenters. The highest BCUT2D eigenvalue weighted by Crippen LogP contribution is 2.16. The molecule has 1 heterocycles. The van der Waals surface area contributed by atoms with E-state index in [1.54, 1.807) is 23.2 Å². The first-order valence-corrected chi connectivity index (χ1v) is 6.80. The summed E-state index contributed by atoms with van der Waals surface area (Å²) in [6.45, 7) is -2.21. The molecule has 0 spiro atoms. The molecule has 23 heavy (non-hydrogen) atoms. The van der Waals surface area contributed by atoms with E-state index in [0.717, 1.165) is 11.6 Å². The third-order valence-electron chi connectivity index (χ3n) is 3.32. The molecule has 0 radical (unpaired) electrons. The molecule has 7 heteroatoms. The van der Waals surface area contributed by atoms with E-state index in [4.69, 9.17) is 0 Å². The van der Waals surface area contributed by atoms with Crippen LogP contribution in [0.3, 0.4) is 0 Å². The third-order valence-corrected chi connectivity index (χ3v) is 3.32. The molecule has 2 aromatic rings. The number of fused-ring (bicyclic) bond motifs is 1. The number of benzene rings is 2. The normalized spacial score (nSPS) is 13.3. The van der Waals surface area contributed by atoms with Crippen molar-refractivity contribution in [1.82, 2.24) is 4.90 Å². The van der Waals surface area contributed by atoms with E-state index < -0.39 is 18.2 Å². The van der Waals surface area contributed by atoms with Gasteiger partial charge in [0.15, 0.2) is 5.82 Å². The van der Waals surface area contributed by atoms with Gasteiger partial charge in [-0.1, -0.05) is 12.1 Å². The van der Waals surface area contributed by atoms with Crippen LogP contribution in [-0.2, 0) is 6.54 Å². The molecule has 120 valence electrons. The van der Waals surface area contributed by atoms with E-state index in [9.17, 15) is 17.6 Å². The average molecular weight is 324 g/mol. The maximum Gasteiger partial charge on any atom is 0.387 e. The smallest absolute Gasteiger partial charge is 0.387 e. The average Bonchev–Trinajstić information content (AvgIpc) is 2.48. The summed E-state index contributed by atoms with van der Waals surface area (Å²) in [6, 6.07) is 8.19. The van der Waals surface area contributed by atoms with Gasteiger partial charge in [0.1, 0.15) is 23.6 Å². The van der Waals surface area contributed by atoms with Crippen LogP contribution < -0.4 is 15.3 Å². The van der Waals surface area contributed by atoms with Crippen LogP contribution in [0.5, 0.6) is 5.75 Å². The van der Waals surface area contributed by atoms with E-state index in [0.29, 0.717) is 11.8 Å². The Labute approximate surface area is 129 Å². The molecule has 3 rings (SSSR count). The molecular weight excluding hydrogens is 312 g/mol. The van der Waals surface area contributed by atoms with Gasteiger partial charge in [-0.3, -0.25) is 4.99 Å². The fraction of sp³-hybridized carbons (Fsp3) is 0.188. The first-order chi connectivity index (χ1) is 11.0. The SMILES string of the molecule is Fc1cc(F)c2c(c1)=CN(Cc1ccc(OC(F)F)cc1)CN=2. The predicted octanol–water partition coefficient (Wildman–Crippen LogP) is 2.40. The Morgan fingerprint density at radius 3 is 2.57 bits per heavy atom. The summed E-state index contributed by atoms with van der Waals surface area (Å²) >= 11 is 0. The minimum absolute atomic E-state index is 0.0746. The van der Waals surface area contributed by atoms with Crippen LogP contribution in [0.4, 0.5) is 17.6 Å². The summed E-state index contributed by atoms with van der Waals surface area (Å²) in [5.74, 6) is -1.28. The van der Waals surface area contributed by atoms with Crippen molar-refractivity contribution in [3.05, 3.63) is 64.2 Å². The van der Waals surface area contributed by atoms with Crippen molar-refractivity contribution in [2.45, 2.75) is 13.2 Å². The molecule has 1 aliphatic heterocycles. The Bertz CT molecular complexity index is 821. The van der Waals surface area contributed by atoms with Crippen molar-refractivity contribution >= 4 is 6.20 Å². The Balaban J connectivity index is 1.78. The molecule has 0 aromatic heterocycles. The molecule has 0 saturated heterocycles. The molecular formula is C16H12F4N2O. The molecule has 0 amide bonds. The van der Waals surface area contributed by atoms with Crippen molar-refractivity contribution in [2.24, 2.45) is 4.99 Å². The summed E-state index contributed by atoms with van der Waals surface area (Å²) in [4.78, 5) is 5.87. The van der Waals surface area contributed by atoms with Crippen LogP contribution in [0.15, 0.2) is 41.4 Å². The standard InChI is InChI=1S/C16H12F4N2O/c17-12-5-11-8-22(9-21-15(11)14(18)6-12)7-10-1-3-13(4-2-10)23-16(19)20/h1-6,8,16H,7,9H2. The number of hydrogen-bond acceptors (Lipinski definition) is 3. The fourth-order valence-electron chi connectivity index (χ4n) is 2.36. The Kier molecular flexibility index (Phi) is 4.18. The quantitative estimate of drug-likeness (QED) is 0.807. The zero-order valence-corrected chi connectivity index (χ0v) is 11.8. The summed E-state index contributed by atoms with van der Waals surface area (Å²) in [6.07, 6.45) is 1.62. The molecule has 3 nitrogen and oxygen atoms in total. The number of halogens is 4. The summed E-state index contributed by atoms with van der Waals surface area (Å²) in [5.41, 5.74) is 0.832. The topological polar surface area (TPSA) is 24.8 Å². The Morgan fingerprint density at radius 1 is 1.13 bits per heavy atom. The predicted molar refractivity (Wildman–Crippen MR) is 75.1 cm³/mol. The van der Waals surface area contributed by atoms with Gasteiger partial charge in [0.05, 0.1) is 0 Å². The van der Waals surface area contributed by atoms with Gasteiger partial charge < -0.3 is 9.64 Å². The van der Waals surface area contributed by atoms with Gasteiger partial charge in [-0.15, -0.1) is 0 Å². The van der Waals surface area contributed by atoms with Gasteiger partial charge in [-0.05, 0) is 23.8 Å². The Hall–Kier alpha value is -2.57. The van der Waals surface area contributed by atoms with E-state index in [1.165, 1.54) is 18.2 Å². The summed E-state index contributed by atoms with van der Waals surface area (Å²) in [5, 5.41) is 0.509. The second-order valence-electron chi connectivity index (χ2n) is 5.02.